The van der Waals surface area contributed by atoms with Crippen molar-refractivity contribution in [3.05, 3.63) is 48.0 Å². The first-order valence-corrected chi connectivity index (χ1v) is 9.95. The highest BCUT2D eigenvalue weighted by Gasteiger charge is 2.48. The first-order valence-electron chi connectivity index (χ1n) is 9.95. The topological polar surface area (TPSA) is 92.7 Å². The Bertz CT molecular complexity index is 979. The smallest absolute Gasteiger partial charge is 0.296 e. The van der Waals surface area contributed by atoms with Crippen LogP contribution < -0.4 is 9.64 Å². The van der Waals surface area contributed by atoms with E-state index in [0.717, 1.165) is 24.4 Å². The molecule has 0 bridgehead atoms. The summed E-state index contributed by atoms with van der Waals surface area (Å²) in [6.45, 7) is 4.37. The number of nitrogens with one attached hydrogen (secondary N) is 1. The molecule has 8 nitrogen and oxygen atoms in total. The van der Waals surface area contributed by atoms with Crippen molar-refractivity contribution >= 4 is 17.0 Å². The van der Waals surface area contributed by atoms with Crippen molar-refractivity contribution in [1.29, 1.82) is 0 Å². The predicted octanol–water partition coefficient (Wildman–Crippen LogP) is 1.89. The van der Waals surface area contributed by atoms with Gasteiger partial charge in [0, 0.05) is 13.1 Å². The number of pyridine rings is 1. The second-order valence-electron chi connectivity index (χ2n) is 7.40. The molecule has 1 unspecified atom stereocenters. The summed E-state index contributed by atoms with van der Waals surface area (Å²) in [7, 11) is 0. The van der Waals surface area contributed by atoms with Crippen LogP contribution in [0.4, 0.5) is 5.82 Å². The lowest BCUT2D eigenvalue weighted by atomic mass is 10.1. The summed E-state index contributed by atoms with van der Waals surface area (Å²) < 4.78 is 17.2. The van der Waals surface area contributed by atoms with Crippen LogP contribution in [0.15, 0.2) is 42.5 Å². The number of fused-ring (bicyclic) bond motifs is 2. The van der Waals surface area contributed by atoms with Crippen molar-refractivity contribution in [3.8, 4) is 6.01 Å². The van der Waals surface area contributed by atoms with Crippen LogP contribution in [0.5, 0.6) is 6.01 Å². The van der Waals surface area contributed by atoms with Gasteiger partial charge < -0.3 is 29.2 Å². The molecule has 2 N–H and O–H groups in total. The van der Waals surface area contributed by atoms with E-state index in [2.05, 4.69) is 33.9 Å². The van der Waals surface area contributed by atoms with Gasteiger partial charge in [-0.25, -0.2) is 4.98 Å². The largest absolute Gasteiger partial charge is 0.456 e. The number of aliphatic hydroxyl groups excluding tert-OH is 1. The summed E-state index contributed by atoms with van der Waals surface area (Å²) in [6, 6.07) is 14.7. The summed E-state index contributed by atoms with van der Waals surface area (Å²) in [5.74, 6) is 0.869. The molecular weight excluding hydrogens is 372 g/mol. The van der Waals surface area contributed by atoms with Crippen molar-refractivity contribution in [3.63, 3.8) is 0 Å². The molecule has 2 saturated heterocycles. The number of nitrogens with zero attached hydrogens (tertiary/aromatic N) is 3. The monoisotopic (exact) mass is 396 g/mol. The Morgan fingerprint density at radius 3 is 2.76 bits per heavy atom. The Kier molecular flexibility index (Phi) is 4.83. The number of anilines is 1. The maximum Gasteiger partial charge on any atom is 0.296 e. The second kappa shape index (κ2) is 7.62. The number of H-pyrrole nitrogens is 1. The number of hydrogen-bond donors (Lipinski definition) is 2. The molecule has 0 amide bonds. The summed E-state index contributed by atoms with van der Waals surface area (Å²) in [4.78, 5) is 14.6. The normalized spacial score (nSPS) is 26.0. The van der Waals surface area contributed by atoms with Crippen molar-refractivity contribution in [2.45, 2.75) is 37.9 Å². The minimum Gasteiger partial charge on any atom is -0.456 e. The maximum atomic E-state index is 9.87. The van der Waals surface area contributed by atoms with Crippen LogP contribution in [-0.4, -0.2) is 64.2 Å². The zero-order chi connectivity index (χ0) is 19.8. The molecule has 152 valence electrons. The molecule has 0 spiro atoms. The first kappa shape index (κ1) is 18.4. The fraction of sp³-hybridized carbons (Fsp3) is 0.429. The SMILES string of the molecule is CCN(Cc1ccccc1)c1ccc2[nH]c(O[C@@H]3CO[C@H]4C3OC[C@H]4O)nc2n1. The number of imidazole rings is 1. The van der Waals surface area contributed by atoms with Crippen molar-refractivity contribution in [1.82, 2.24) is 15.0 Å². The summed E-state index contributed by atoms with van der Waals surface area (Å²) >= 11 is 0. The Hall–Kier alpha value is -2.68. The van der Waals surface area contributed by atoms with Gasteiger partial charge in [0.15, 0.2) is 11.8 Å². The third-order valence-electron chi connectivity index (χ3n) is 5.48. The number of aromatic amines is 1. The molecule has 3 aromatic rings. The van der Waals surface area contributed by atoms with Gasteiger partial charge >= 0.3 is 0 Å². The van der Waals surface area contributed by atoms with E-state index in [9.17, 15) is 5.11 Å². The molecule has 2 fully saturated rings. The molecule has 4 heterocycles. The van der Waals surface area contributed by atoms with Gasteiger partial charge in [-0.3, -0.25) is 0 Å². The Balaban J connectivity index is 1.33. The van der Waals surface area contributed by atoms with E-state index in [1.165, 1.54) is 5.56 Å². The quantitative estimate of drug-likeness (QED) is 0.657. The number of aromatic nitrogens is 3. The molecule has 5 rings (SSSR count). The van der Waals surface area contributed by atoms with Gasteiger partial charge in [-0.1, -0.05) is 30.3 Å². The second-order valence-corrected chi connectivity index (χ2v) is 7.40. The van der Waals surface area contributed by atoms with Gasteiger partial charge in [0.25, 0.3) is 6.01 Å². The molecule has 2 aliphatic heterocycles. The van der Waals surface area contributed by atoms with E-state index >= 15 is 0 Å². The lowest BCUT2D eigenvalue weighted by molar-refractivity contribution is 0.00706. The number of rotatable bonds is 6. The predicted molar refractivity (Wildman–Crippen MR) is 107 cm³/mol. The highest BCUT2D eigenvalue weighted by molar-refractivity contribution is 5.73. The van der Waals surface area contributed by atoms with Crippen LogP contribution in [0.25, 0.3) is 11.2 Å². The number of ether oxygens (including phenoxy) is 3. The zero-order valence-corrected chi connectivity index (χ0v) is 16.2. The first-order chi connectivity index (χ1) is 14.2. The lowest BCUT2D eigenvalue weighted by Crippen LogP contribution is -2.34. The molecule has 4 atom stereocenters. The molecule has 2 aliphatic rings. The van der Waals surface area contributed by atoms with Crippen LogP contribution in [-0.2, 0) is 16.0 Å². The third kappa shape index (κ3) is 3.55. The van der Waals surface area contributed by atoms with Crippen LogP contribution >= 0.6 is 0 Å². The number of aliphatic hydroxyl groups is 1. The molecule has 0 saturated carbocycles. The van der Waals surface area contributed by atoms with E-state index in [1.807, 2.05) is 30.3 Å². The fourth-order valence-corrected chi connectivity index (χ4v) is 3.94. The van der Waals surface area contributed by atoms with Crippen LogP contribution in [0.2, 0.25) is 0 Å². The van der Waals surface area contributed by atoms with Gasteiger partial charge in [0.1, 0.15) is 24.1 Å². The number of hydrogen-bond acceptors (Lipinski definition) is 7. The summed E-state index contributed by atoms with van der Waals surface area (Å²) in [6.07, 6.45) is -1.51. The molecule has 8 heteroatoms. The summed E-state index contributed by atoms with van der Waals surface area (Å²) in [5, 5.41) is 9.87. The van der Waals surface area contributed by atoms with Gasteiger partial charge in [0.2, 0.25) is 0 Å². The molecule has 0 aliphatic carbocycles. The standard InChI is InChI=1S/C21H24N4O4/c1-2-25(10-13-6-4-3-5-7-13)17-9-8-14-20(23-17)24-21(22-14)29-16-12-28-18-15(26)11-27-19(16)18/h3-9,15-16,18-19,26H,2,10-12H2,1H3,(H,22,23,24)/t15-,16-,18-,19?/m1/s1. The lowest BCUT2D eigenvalue weighted by Gasteiger charge is -2.21. The Morgan fingerprint density at radius 1 is 1.10 bits per heavy atom. The van der Waals surface area contributed by atoms with Gasteiger partial charge in [-0.2, -0.15) is 4.98 Å². The van der Waals surface area contributed by atoms with Crippen molar-refractivity contribution in [2.75, 3.05) is 24.7 Å². The fourth-order valence-electron chi connectivity index (χ4n) is 3.94. The van der Waals surface area contributed by atoms with E-state index in [0.29, 0.717) is 18.3 Å². The maximum absolute atomic E-state index is 9.87. The highest BCUT2D eigenvalue weighted by Crippen LogP contribution is 2.30. The van der Waals surface area contributed by atoms with E-state index in [-0.39, 0.29) is 24.9 Å². The van der Waals surface area contributed by atoms with Gasteiger partial charge in [-0.05, 0) is 24.6 Å². The summed E-state index contributed by atoms with van der Waals surface area (Å²) in [5.41, 5.74) is 2.64. The van der Waals surface area contributed by atoms with Gasteiger partial charge in [-0.15, -0.1) is 0 Å². The number of benzene rings is 1. The highest BCUT2D eigenvalue weighted by atomic mass is 16.6. The van der Waals surface area contributed by atoms with E-state index in [1.54, 1.807) is 0 Å². The molecular formula is C21H24N4O4. The van der Waals surface area contributed by atoms with E-state index < -0.39 is 6.10 Å². The average Bonchev–Trinajstić information content (AvgIpc) is 3.43. The van der Waals surface area contributed by atoms with Crippen LogP contribution in [0, 0.1) is 0 Å². The average molecular weight is 396 g/mol. The Labute approximate surface area is 168 Å². The molecule has 0 radical (unpaired) electrons. The minimum atomic E-state index is -0.599. The van der Waals surface area contributed by atoms with Gasteiger partial charge in [0.05, 0.1) is 18.7 Å². The zero-order valence-electron chi connectivity index (χ0n) is 16.2. The van der Waals surface area contributed by atoms with Crippen LogP contribution in [0.3, 0.4) is 0 Å². The van der Waals surface area contributed by atoms with Crippen LogP contribution in [0.1, 0.15) is 12.5 Å². The molecule has 29 heavy (non-hydrogen) atoms. The molecule has 1 aromatic carbocycles. The van der Waals surface area contributed by atoms with E-state index in [4.69, 9.17) is 19.2 Å². The molecule has 2 aromatic heterocycles. The minimum absolute atomic E-state index is 0.272. The van der Waals surface area contributed by atoms with Crippen molar-refractivity contribution < 1.29 is 19.3 Å². The Morgan fingerprint density at radius 2 is 1.93 bits per heavy atom. The van der Waals surface area contributed by atoms with Crippen molar-refractivity contribution in [2.24, 2.45) is 0 Å². The third-order valence-corrected chi connectivity index (χ3v) is 5.48.